The molecular weight excluding hydrogens is 482 g/mol. The molecule has 0 spiro atoms. The molecule has 210 valence electrons. The van der Waals surface area contributed by atoms with Crippen LogP contribution in [-0.4, -0.2) is 13.1 Å². The molecule has 0 heterocycles. The first-order chi connectivity index (χ1) is 19.6. The summed E-state index contributed by atoms with van der Waals surface area (Å²) in [6.45, 7) is 11.4. The Morgan fingerprint density at radius 1 is 0.575 bits per heavy atom. The lowest BCUT2D eigenvalue weighted by molar-refractivity contribution is 0.717. The van der Waals surface area contributed by atoms with Crippen LogP contribution >= 0.6 is 0 Å². The molecule has 0 aliphatic heterocycles. The first-order valence-electron chi connectivity index (χ1n) is 15.7. The van der Waals surface area contributed by atoms with Crippen LogP contribution in [0.2, 0.25) is 0 Å². The zero-order valence-electron chi connectivity index (χ0n) is 25.3. The van der Waals surface area contributed by atoms with Crippen molar-refractivity contribution in [3.05, 3.63) is 125 Å². The maximum absolute atomic E-state index is 2.49. The van der Waals surface area contributed by atoms with Crippen molar-refractivity contribution >= 4 is 5.69 Å². The van der Waals surface area contributed by atoms with Crippen LogP contribution in [0.3, 0.4) is 0 Å². The second-order valence-electron chi connectivity index (χ2n) is 11.3. The maximum atomic E-state index is 2.49. The van der Waals surface area contributed by atoms with E-state index < -0.39 is 0 Å². The van der Waals surface area contributed by atoms with E-state index in [0.717, 1.165) is 13.1 Å². The molecule has 0 saturated heterocycles. The zero-order chi connectivity index (χ0) is 28.2. The molecule has 40 heavy (non-hydrogen) atoms. The van der Waals surface area contributed by atoms with Crippen molar-refractivity contribution in [1.29, 1.82) is 0 Å². The summed E-state index contributed by atoms with van der Waals surface area (Å²) in [5.41, 5.74) is 11.5. The lowest BCUT2D eigenvalue weighted by Crippen LogP contribution is -2.24. The van der Waals surface area contributed by atoms with Gasteiger partial charge in [-0.2, -0.15) is 0 Å². The summed E-state index contributed by atoms with van der Waals surface area (Å²) < 4.78 is 0. The Bertz CT molecular complexity index is 1230. The standard InChI is InChI=1S/C23H33N.C16H16/c1-4-7-8-9-20-10-12-21(13-11-20)22-14-16-23(17-15-22)24(18-5-2)19-6-3;1-12-15-8-4-2-6-13(15)10-11-14-7-3-5-9-16(12)14/h10-17H,4-9,18-19H2,1-3H3;2-9,12H,10-11H2,1H3. The van der Waals surface area contributed by atoms with Crippen molar-refractivity contribution in [2.24, 2.45) is 0 Å². The Balaban J connectivity index is 0.000000199. The normalized spacial score (nSPS) is 12.5. The number of hydrogen-bond acceptors (Lipinski definition) is 1. The van der Waals surface area contributed by atoms with Gasteiger partial charge in [0.2, 0.25) is 0 Å². The molecule has 0 saturated carbocycles. The Kier molecular flexibility index (Phi) is 11.5. The van der Waals surface area contributed by atoms with E-state index in [4.69, 9.17) is 0 Å². The summed E-state index contributed by atoms with van der Waals surface area (Å²) in [5, 5.41) is 0. The number of unbranched alkanes of at least 4 members (excludes halogenated alkanes) is 2. The van der Waals surface area contributed by atoms with Gasteiger partial charge in [-0.25, -0.2) is 0 Å². The van der Waals surface area contributed by atoms with E-state index in [2.05, 4.69) is 130 Å². The average Bonchev–Trinajstić information content (AvgIpc) is 3.15. The highest BCUT2D eigenvalue weighted by molar-refractivity contribution is 5.66. The molecule has 0 bridgehead atoms. The first-order valence-corrected chi connectivity index (χ1v) is 15.7. The predicted octanol–water partition coefficient (Wildman–Crippen LogP) is 10.6. The van der Waals surface area contributed by atoms with Crippen molar-refractivity contribution in [2.45, 2.75) is 85.0 Å². The minimum Gasteiger partial charge on any atom is -0.372 e. The number of anilines is 1. The van der Waals surface area contributed by atoms with Gasteiger partial charge in [0, 0.05) is 24.7 Å². The predicted molar refractivity (Wildman–Crippen MR) is 176 cm³/mol. The Morgan fingerprint density at radius 2 is 1.07 bits per heavy atom. The van der Waals surface area contributed by atoms with Gasteiger partial charge >= 0.3 is 0 Å². The molecule has 4 aromatic carbocycles. The largest absolute Gasteiger partial charge is 0.372 e. The molecule has 1 aliphatic carbocycles. The number of fused-ring (bicyclic) bond motifs is 2. The molecule has 1 aliphatic rings. The molecule has 0 unspecified atom stereocenters. The molecule has 5 rings (SSSR count). The SMILES string of the molecule is CC1c2ccccc2CCc2ccccc21.CCCCCc1ccc(-c2ccc(N(CCC)CCC)cc2)cc1. The van der Waals surface area contributed by atoms with Crippen LogP contribution in [0.1, 0.15) is 93.5 Å². The van der Waals surface area contributed by atoms with E-state index >= 15 is 0 Å². The van der Waals surface area contributed by atoms with Crippen molar-refractivity contribution < 1.29 is 0 Å². The zero-order valence-corrected chi connectivity index (χ0v) is 25.3. The highest BCUT2D eigenvalue weighted by atomic mass is 15.1. The summed E-state index contributed by atoms with van der Waals surface area (Å²) in [5.74, 6) is 0.537. The quantitative estimate of drug-likeness (QED) is 0.184. The van der Waals surface area contributed by atoms with Gasteiger partial charge < -0.3 is 4.90 Å². The van der Waals surface area contributed by atoms with Crippen molar-refractivity contribution in [3.63, 3.8) is 0 Å². The molecule has 4 aromatic rings. The third kappa shape index (κ3) is 7.87. The fourth-order valence-corrected chi connectivity index (χ4v) is 6.02. The smallest absolute Gasteiger partial charge is 0.0366 e. The second-order valence-corrected chi connectivity index (χ2v) is 11.3. The van der Waals surface area contributed by atoms with Crippen LogP contribution in [0.5, 0.6) is 0 Å². The van der Waals surface area contributed by atoms with Gasteiger partial charge in [-0.05, 0) is 89.6 Å². The van der Waals surface area contributed by atoms with E-state index in [9.17, 15) is 0 Å². The number of nitrogens with zero attached hydrogens (tertiary/aromatic N) is 1. The van der Waals surface area contributed by atoms with Gasteiger partial charge in [-0.3, -0.25) is 0 Å². The van der Waals surface area contributed by atoms with Gasteiger partial charge in [0.1, 0.15) is 0 Å². The summed E-state index contributed by atoms with van der Waals surface area (Å²) in [4.78, 5) is 2.49. The summed E-state index contributed by atoms with van der Waals surface area (Å²) >= 11 is 0. The van der Waals surface area contributed by atoms with E-state index in [1.54, 1.807) is 0 Å². The lowest BCUT2D eigenvalue weighted by Gasteiger charge is -2.24. The molecule has 0 fully saturated rings. The fraction of sp³-hybridized carbons (Fsp3) is 0.385. The van der Waals surface area contributed by atoms with Crippen LogP contribution in [0.15, 0.2) is 97.1 Å². The Morgan fingerprint density at radius 3 is 1.57 bits per heavy atom. The molecule has 1 heteroatoms. The monoisotopic (exact) mass is 531 g/mol. The highest BCUT2D eigenvalue weighted by Crippen LogP contribution is 2.33. The molecular formula is C39H49N. The van der Waals surface area contributed by atoms with E-state index in [-0.39, 0.29) is 0 Å². The molecule has 0 aromatic heterocycles. The topological polar surface area (TPSA) is 3.24 Å². The van der Waals surface area contributed by atoms with Gasteiger partial charge in [0.05, 0.1) is 0 Å². The fourth-order valence-electron chi connectivity index (χ4n) is 6.02. The molecule has 0 N–H and O–H groups in total. The Labute approximate surface area is 244 Å². The van der Waals surface area contributed by atoms with Crippen LogP contribution in [0.25, 0.3) is 11.1 Å². The second kappa shape index (κ2) is 15.5. The van der Waals surface area contributed by atoms with E-state index in [1.165, 1.54) is 96.0 Å². The third-order valence-corrected chi connectivity index (χ3v) is 8.28. The van der Waals surface area contributed by atoms with Crippen LogP contribution in [-0.2, 0) is 19.3 Å². The number of benzene rings is 4. The molecule has 1 nitrogen and oxygen atoms in total. The first kappa shape index (κ1) is 29.7. The van der Waals surface area contributed by atoms with Crippen LogP contribution in [0.4, 0.5) is 5.69 Å². The summed E-state index contributed by atoms with van der Waals surface area (Å²) in [7, 11) is 0. The average molecular weight is 532 g/mol. The van der Waals surface area contributed by atoms with E-state index in [0.29, 0.717) is 5.92 Å². The molecule has 0 atom stereocenters. The highest BCUT2D eigenvalue weighted by Gasteiger charge is 2.18. The third-order valence-electron chi connectivity index (χ3n) is 8.28. The van der Waals surface area contributed by atoms with Gasteiger partial charge in [-0.15, -0.1) is 0 Å². The van der Waals surface area contributed by atoms with Crippen molar-refractivity contribution in [1.82, 2.24) is 0 Å². The summed E-state index contributed by atoms with van der Waals surface area (Å²) in [6.07, 6.45) is 9.87. The minimum absolute atomic E-state index is 0.537. The van der Waals surface area contributed by atoms with Crippen molar-refractivity contribution in [3.8, 4) is 11.1 Å². The van der Waals surface area contributed by atoms with Gasteiger partial charge in [0.15, 0.2) is 0 Å². The molecule has 0 radical (unpaired) electrons. The number of aryl methyl sites for hydroxylation is 3. The van der Waals surface area contributed by atoms with Crippen LogP contribution < -0.4 is 4.90 Å². The maximum Gasteiger partial charge on any atom is 0.0366 e. The summed E-state index contributed by atoms with van der Waals surface area (Å²) in [6, 6.07) is 35.9. The molecule has 0 amide bonds. The van der Waals surface area contributed by atoms with E-state index in [1.807, 2.05) is 0 Å². The van der Waals surface area contributed by atoms with Gasteiger partial charge in [-0.1, -0.05) is 125 Å². The van der Waals surface area contributed by atoms with Gasteiger partial charge in [0.25, 0.3) is 0 Å². The number of rotatable bonds is 10. The Hall–Kier alpha value is -3.32. The van der Waals surface area contributed by atoms with Crippen LogP contribution in [0, 0.1) is 0 Å². The minimum atomic E-state index is 0.537. The lowest BCUT2D eigenvalue weighted by atomic mass is 9.90. The van der Waals surface area contributed by atoms with Crippen molar-refractivity contribution in [2.75, 3.05) is 18.0 Å². The number of hydrogen-bond donors (Lipinski definition) is 0.